The summed E-state index contributed by atoms with van der Waals surface area (Å²) >= 11 is 0. The molecule has 0 saturated carbocycles. The minimum atomic E-state index is -1.02. The minimum Gasteiger partial charge on any atom is -0.466 e. The first-order valence-corrected chi connectivity index (χ1v) is 9.43. The molecule has 0 aromatic heterocycles. The molecule has 2 N–H and O–H groups in total. The number of esters is 1. The zero-order valence-corrected chi connectivity index (χ0v) is 17.0. The lowest BCUT2D eigenvalue weighted by Gasteiger charge is -2.40. The summed E-state index contributed by atoms with van der Waals surface area (Å²) in [7, 11) is 0. The highest BCUT2D eigenvalue weighted by molar-refractivity contribution is 5.72. The molecule has 1 heterocycles. The Bertz CT molecular complexity index is 520. The van der Waals surface area contributed by atoms with E-state index >= 15 is 0 Å². The Hall–Kier alpha value is -2.03. The number of carbonyl (C=O) groups excluding carboxylic acids is 2. The molecule has 0 aromatic carbocycles. The molecule has 0 radical (unpaired) electrons. The first-order chi connectivity index (χ1) is 12.6. The van der Waals surface area contributed by atoms with Crippen LogP contribution in [0.4, 0.5) is 9.59 Å². The number of nitrogens with one attached hydrogen (secondary N) is 1. The Labute approximate surface area is 161 Å². The van der Waals surface area contributed by atoms with Gasteiger partial charge in [0.25, 0.3) is 0 Å². The Morgan fingerprint density at radius 3 is 2.41 bits per heavy atom. The van der Waals surface area contributed by atoms with Crippen molar-refractivity contribution in [1.29, 1.82) is 0 Å². The van der Waals surface area contributed by atoms with Crippen LogP contribution in [0.1, 0.15) is 41.0 Å². The number of carboxylic acid groups (broad SMARTS) is 1. The third-order valence-corrected chi connectivity index (χ3v) is 4.26. The van der Waals surface area contributed by atoms with Gasteiger partial charge in [-0.15, -0.1) is 0 Å². The zero-order valence-electron chi connectivity index (χ0n) is 17.0. The van der Waals surface area contributed by atoms with E-state index in [0.717, 1.165) is 0 Å². The fourth-order valence-electron chi connectivity index (χ4n) is 2.85. The van der Waals surface area contributed by atoms with E-state index in [0.29, 0.717) is 26.1 Å². The summed E-state index contributed by atoms with van der Waals surface area (Å²) < 4.78 is 10.4. The van der Waals surface area contributed by atoms with Crippen LogP contribution in [0.25, 0.3) is 0 Å². The maximum atomic E-state index is 12.3. The molecular formula is C18H33N3O6. The van der Waals surface area contributed by atoms with Gasteiger partial charge in [-0.25, -0.2) is 9.59 Å². The molecule has 1 aliphatic heterocycles. The van der Waals surface area contributed by atoms with Crippen molar-refractivity contribution in [2.75, 3.05) is 39.3 Å². The number of ether oxygens (including phenoxy) is 2. The minimum absolute atomic E-state index is 0.218. The number of nitrogens with zero attached hydrogens (tertiary/aromatic N) is 2. The van der Waals surface area contributed by atoms with Crippen molar-refractivity contribution in [1.82, 2.24) is 15.1 Å². The van der Waals surface area contributed by atoms with Crippen LogP contribution in [0, 0.1) is 5.92 Å². The fraction of sp³-hybridized carbons (Fsp3) is 0.833. The second-order valence-electron chi connectivity index (χ2n) is 7.57. The molecule has 0 bridgehead atoms. The van der Waals surface area contributed by atoms with Crippen molar-refractivity contribution < 1.29 is 29.0 Å². The van der Waals surface area contributed by atoms with E-state index in [9.17, 15) is 19.5 Å². The van der Waals surface area contributed by atoms with Crippen molar-refractivity contribution >= 4 is 18.2 Å². The van der Waals surface area contributed by atoms with Crippen LogP contribution in [0.3, 0.4) is 0 Å². The summed E-state index contributed by atoms with van der Waals surface area (Å²) in [4.78, 5) is 38.5. The van der Waals surface area contributed by atoms with Crippen molar-refractivity contribution in [3.8, 4) is 0 Å². The third kappa shape index (κ3) is 7.62. The second kappa shape index (κ2) is 10.3. The molecule has 0 spiro atoms. The highest BCUT2D eigenvalue weighted by atomic mass is 16.6. The van der Waals surface area contributed by atoms with Crippen LogP contribution in [0.15, 0.2) is 0 Å². The highest BCUT2D eigenvalue weighted by Crippen LogP contribution is 2.15. The quantitative estimate of drug-likeness (QED) is 0.641. The summed E-state index contributed by atoms with van der Waals surface area (Å²) in [5.41, 5.74) is -0.608. The van der Waals surface area contributed by atoms with Gasteiger partial charge in [-0.2, -0.15) is 0 Å². The van der Waals surface area contributed by atoms with E-state index in [4.69, 9.17) is 9.47 Å². The molecule has 9 nitrogen and oxygen atoms in total. The highest BCUT2D eigenvalue weighted by Gasteiger charge is 2.34. The van der Waals surface area contributed by atoms with Gasteiger partial charge in [-0.05, 0) is 34.1 Å². The first kappa shape index (κ1) is 23.0. The summed E-state index contributed by atoms with van der Waals surface area (Å²) in [5, 5.41) is 12.6. The average Bonchev–Trinajstić information content (AvgIpc) is 2.57. The lowest BCUT2D eigenvalue weighted by molar-refractivity contribution is -0.148. The standard InChI is InChI=1S/C18H33N3O6/c1-6-13(15(22)26-7-2)10-19-11-14-12-20(8-9-21(14)16(23)24)17(25)27-18(3,4)5/h13-14,19H,6-12H2,1-5H3,(H,23,24). The van der Waals surface area contributed by atoms with Gasteiger partial charge < -0.3 is 29.7 Å². The molecule has 2 amide bonds. The number of piperazine rings is 1. The number of rotatable bonds is 7. The Morgan fingerprint density at radius 2 is 1.89 bits per heavy atom. The first-order valence-electron chi connectivity index (χ1n) is 9.43. The number of hydrogen-bond donors (Lipinski definition) is 2. The lowest BCUT2D eigenvalue weighted by Crippen LogP contribution is -2.59. The van der Waals surface area contributed by atoms with E-state index in [-0.39, 0.29) is 31.5 Å². The molecule has 1 rings (SSSR count). The van der Waals surface area contributed by atoms with E-state index in [1.54, 1.807) is 27.7 Å². The van der Waals surface area contributed by atoms with Crippen molar-refractivity contribution in [2.24, 2.45) is 5.92 Å². The maximum absolute atomic E-state index is 12.3. The summed E-state index contributed by atoms with van der Waals surface area (Å²) in [6.07, 6.45) is -0.845. The van der Waals surface area contributed by atoms with Gasteiger partial charge >= 0.3 is 18.2 Å². The van der Waals surface area contributed by atoms with E-state index < -0.39 is 23.8 Å². The number of carbonyl (C=O) groups is 3. The zero-order chi connectivity index (χ0) is 20.6. The van der Waals surface area contributed by atoms with E-state index in [2.05, 4.69) is 5.32 Å². The van der Waals surface area contributed by atoms with Gasteiger partial charge in [0.1, 0.15) is 5.60 Å². The Balaban J connectivity index is 2.65. The lowest BCUT2D eigenvalue weighted by atomic mass is 10.1. The molecule has 1 fully saturated rings. The maximum Gasteiger partial charge on any atom is 0.410 e. The smallest absolute Gasteiger partial charge is 0.410 e. The molecule has 2 unspecified atom stereocenters. The fourth-order valence-corrected chi connectivity index (χ4v) is 2.85. The Morgan fingerprint density at radius 1 is 1.22 bits per heavy atom. The topological polar surface area (TPSA) is 108 Å². The van der Waals surface area contributed by atoms with Crippen LogP contribution in [-0.2, 0) is 14.3 Å². The SMILES string of the molecule is CCOC(=O)C(CC)CNCC1CN(C(=O)OC(C)(C)C)CCN1C(=O)O. The van der Waals surface area contributed by atoms with Gasteiger partial charge in [0.05, 0.1) is 18.6 Å². The van der Waals surface area contributed by atoms with Gasteiger partial charge in [-0.3, -0.25) is 4.79 Å². The van der Waals surface area contributed by atoms with Crippen LogP contribution < -0.4 is 5.32 Å². The van der Waals surface area contributed by atoms with E-state index in [1.807, 2.05) is 6.92 Å². The second-order valence-corrected chi connectivity index (χ2v) is 7.57. The molecule has 1 saturated heterocycles. The monoisotopic (exact) mass is 387 g/mol. The third-order valence-electron chi connectivity index (χ3n) is 4.26. The molecule has 0 aromatic rings. The van der Waals surface area contributed by atoms with Crippen LogP contribution in [0.2, 0.25) is 0 Å². The summed E-state index contributed by atoms with van der Waals surface area (Å²) in [5.74, 6) is -0.546. The van der Waals surface area contributed by atoms with Crippen molar-refractivity contribution in [3.05, 3.63) is 0 Å². The predicted molar refractivity (Wildman–Crippen MR) is 99.6 cm³/mol. The normalized spacial score (nSPS) is 18.8. The molecule has 27 heavy (non-hydrogen) atoms. The van der Waals surface area contributed by atoms with Crippen molar-refractivity contribution in [3.63, 3.8) is 0 Å². The molecular weight excluding hydrogens is 354 g/mol. The van der Waals surface area contributed by atoms with Gasteiger partial charge in [0, 0.05) is 32.7 Å². The summed E-state index contributed by atoms with van der Waals surface area (Å²) in [6, 6.07) is -0.413. The van der Waals surface area contributed by atoms with Crippen LogP contribution in [-0.4, -0.2) is 84.0 Å². The van der Waals surface area contributed by atoms with E-state index in [1.165, 1.54) is 9.80 Å². The molecule has 156 valence electrons. The average molecular weight is 387 g/mol. The molecule has 9 heteroatoms. The molecule has 1 aliphatic rings. The largest absolute Gasteiger partial charge is 0.466 e. The molecule has 0 aliphatic carbocycles. The summed E-state index contributed by atoms with van der Waals surface area (Å²) in [6.45, 7) is 10.8. The predicted octanol–water partition coefficient (Wildman–Crippen LogP) is 1.76. The van der Waals surface area contributed by atoms with Gasteiger partial charge in [0.15, 0.2) is 0 Å². The van der Waals surface area contributed by atoms with Crippen molar-refractivity contribution in [2.45, 2.75) is 52.7 Å². The van der Waals surface area contributed by atoms with Crippen LogP contribution in [0.5, 0.6) is 0 Å². The van der Waals surface area contributed by atoms with Crippen LogP contribution >= 0.6 is 0 Å². The van der Waals surface area contributed by atoms with Gasteiger partial charge in [-0.1, -0.05) is 6.92 Å². The van der Waals surface area contributed by atoms with Gasteiger partial charge in [0.2, 0.25) is 0 Å². The Kier molecular flexibility index (Phi) is 8.81. The number of amides is 2. The number of hydrogen-bond acceptors (Lipinski definition) is 6. The molecule has 2 atom stereocenters.